The Kier molecular flexibility index (Phi) is 9.74. The minimum absolute atomic E-state index is 0.208. The number of nitrogens with zero attached hydrogens (tertiary/aromatic N) is 1. The van der Waals surface area contributed by atoms with Crippen molar-refractivity contribution in [3.8, 4) is 0 Å². The number of hydrogen-bond acceptors (Lipinski definition) is 8. The van der Waals surface area contributed by atoms with E-state index in [0.29, 0.717) is 12.8 Å². The second-order valence-corrected chi connectivity index (χ2v) is 3.93. The highest BCUT2D eigenvalue weighted by molar-refractivity contribution is 5.76. The molecule has 0 aromatic heterocycles. The molecule has 0 rings (SSSR count). The average molecular weight is 266 g/mol. The Balaban J connectivity index is 3.33. The maximum atomic E-state index is 11.2. The molecule has 0 saturated carbocycles. The zero-order valence-corrected chi connectivity index (χ0v) is 10.5. The zero-order chi connectivity index (χ0) is 14.0. The smallest absolute Gasteiger partial charge is 0.325 e. The SMILES string of the molecule is CC(O)C(N)C(=O)OCCCCCCON(O)O. The predicted molar refractivity (Wildman–Crippen MR) is 60.4 cm³/mol. The van der Waals surface area contributed by atoms with E-state index in [4.69, 9.17) is 26.0 Å². The fourth-order valence-corrected chi connectivity index (χ4v) is 1.17. The highest BCUT2D eigenvalue weighted by atomic mass is 17.1. The quantitative estimate of drug-likeness (QED) is 0.243. The van der Waals surface area contributed by atoms with Crippen LogP contribution < -0.4 is 5.73 Å². The topological polar surface area (TPSA) is 125 Å². The molecule has 0 fully saturated rings. The summed E-state index contributed by atoms with van der Waals surface area (Å²) in [6, 6.07) is -1.00. The zero-order valence-electron chi connectivity index (χ0n) is 10.5. The van der Waals surface area contributed by atoms with Gasteiger partial charge in [0.1, 0.15) is 6.04 Å². The first kappa shape index (κ1) is 17.2. The molecule has 2 atom stereocenters. The highest BCUT2D eigenvalue weighted by Gasteiger charge is 2.19. The van der Waals surface area contributed by atoms with Crippen LogP contribution in [0, 0.1) is 0 Å². The molecule has 8 heteroatoms. The first-order chi connectivity index (χ1) is 8.45. The van der Waals surface area contributed by atoms with Gasteiger partial charge in [0.15, 0.2) is 0 Å². The predicted octanol–water partition coefficient (Wildman–Crippen LogP) is -0.190. The summed E-state index contributed by atoms with van der Waals surface area (Å²) in [6.07, 6.45) is 2.05. The Morgan fingerprint density at radius 3 is 2.28 bits per heavy atom. The lowest BCUT2D eigenvalue weighted by Crippen LogP contribution is -2.41. The molecule has 0 aliphatic heterocycles. The third kappa shape index (κ3) is 9.28. The molecule has 0 aliphatic carbocycles. The molecular weight excluding hydrogens is 244 g/mol. The standard InChI is InChI=1S/C10H22N2O6/c1-8(13)9(11)10(14)17-6-4-2-3-5-7-18-12(15)16/h8-9,13,15-16H,2-7,11H2,1H3. The van der Waals surface area contributed by atoms with E-state index in [-0.39, 0.29) is 18.6 Å². The summed E-state index contributed by atoms with van der Waals surface area (Å²) in [6.45, 7) is 1.89. The summed E-state index contributed by atoms with van der Waals surface area (Å²) in [5, 5.41) is 25.2. The molecule has 0 bridgehead atoms. The van der Waals surface area contributed by atoms with E-state index in [2.05, 4.69) is 4.84 Å². The number of aliphatic hydroxyl groups is 1. The van der Waals surface area contributed by atoms with Gasteiger partial charge in [-0.15, -0.1) is 0 Å². The monoisotopic (exact) mass is 266 g/mol. The Morgan fingerprint density at radius 1 is 1.22 bits per heavy atom. The van der Waals surface area contributed by atoms with Gasteiger partial charge in [-0.2, -0.15) is 0 Å². The number of esters is 1. The van der Waals surface area contributed by atoms with Crippen molar-refractivity contribution in [1.29, 1.82) is 0 Å². The van der Waals surface area contributed by atoms with E-state index in [1.165, 1.54) is 6.92 Å². The summed E-state index contributed by atoms with van der Waals surface area (Å²) in [5.41, 5.74) is 5.38. The van der Waals surface area contributed by atoms with Crippen LogP contribution in [0.25, 0.3) is 0 Å². The third-order valence-corrected chi connectivity index (χ3v) is 2.28. The van der Waals surface area contributed by atoms with Crippen molar-refractivity contribution in [3.05, 3.63) is 0 Å². The van der Waals surface area contributed by atoms with Crippen LogP contribution in [-0.4, -0.2) is 52.2 Å². The average Bonchev–Trinajstić information content (AvgIpc) is 2.30. The van der Waals surface area contributed by atoms with Gasteiger partial charge in [-0.1, -0.05) is 6.42 Å². The van der Waals surface area contributed by atoms with Crippen LogP contribution in [-0.2, 0) is 14.4 Å². The van der Waals surface area contributed by atoms with Crippen LogP contribution in [0.5, 0.6) is 0 Å². The van der Waals surface area contributed by atoms with Gasteiger partial charge in [-0.3, -0.25) is 20.0 Å². The van der Waals surface area contributed by atoms with Gasteiger partial charge in [0.25, 0.3) is 0 Å². The minimum atomic E-state index is -1.00. The van der Waals surface area contributed by atoms with Crippen LogP contribution in [0.2, 0.25) is 0 Å². The van der Waals surface area contributed by atoms with Crippen LogP contribution >= 0.6 is 0 Å². The molecule has 18 heavy (non-hydrogen) atoms. The number of aliphatic hydroxyl groups excluding tert-OH is 1. The van der Waals surface area contributed by atoms with Crippen molar-refractivity contribution < 1.29 is 29.9 Å². The second kappa shape index (κ2) is 10.2. The van der Waals surface area contributed by atoms with Crippen molar-refractivity contribution in [2.45, 2.75) is 44.8 Å². The van der Waals surface area contributed by atoms with Gasteiger partial charge in [0, 0.05) is 0 Å². The molecule has 0 amide bonds. The van der Waals surface area contributed by atoms with Crippen molar-refractivity contribution in [3.63, 3.8) is 0 Å². The van der Waals surface area contributed by atoms with Gasteiger partial charge in [0.05, 0.1) is 24.7 Å². The van der Waals surface area contributed by atoms with Crippen molar-refractivity contribution in [2.75, 3.05) is 13.2 Å². The first-order valence-corrected chi connectivity index (χ1v) is 5.86. The Labute approximate surface area is 106 Å². The maximum absolute atomic E-state index is 11.2. The molecule has 108 valence electrons. The van der Waals surface area contributed by atoms with E-state index < -0.39 is 18.1 Å². The van der Waals surface area contributed by atoms with Crippen molar-refractivity contribution in [1.82, 2.24) is 5.39 Å². The summed E-state index contributed by atoms with van der Waals surface area (Å²) in [4.78, 5) is 15.6. The van der Waals surface area contributed by atoms with E-state index in [9.17, 15) is 4.79 Å². The molecule has 5 N–H and O–H groups in total. The number of nitrogens with two attached hydrogens (primary N) is 1. The lowest BCUT2D eigenvalue weighted by atomic mass is 10.2. The number of rotatable bonds is 10. The van der Waals surface area contributed by atoms with Gasteiger partial charge in [-0.05, 0) is 26.2 Å². The lowest BCUT2D eigenvalue weighted by Gasteiger charge is -2.13. The van der Waals surface area contributed by atoms with Crippen molar-refractivity contribution in [2.24, 2.45) is 5.73 Å². The number of unbranched alkanes of at least 4 members (excludes halogenated alkanes) is 3. The Bertz CT molecular complexity index is 224. The lowest BCUT2D eigenvalue weighted by molar-refractivity contribution is -0.492. The van der Waals surface area contributed by atoms with E-state index in [0.717, 1.165) is 12.8 Å². The minimum Gasteiger partial charge on any atom is -0.464 e. The molecule has 0 aromatic carbocycles. The summed E-state index contributed by atoms with van der Waals surface area (Å²) >= 11 is 0. The maximum Gasteiger partial charge on any atom is 0.325 e. The molecule has 0 spiro atoms. The summed E-state index contributed by atoms with van der Waals surface area (Å²) < 4.78 is 4.87. The molecule has 0 heterocycles. The van der Waals surface area contributed by atoms with E-state index >= 15 is 0 Å². The molecule has 2 unspecified atom stereocenters. The van der Waals surface area contributed by atoms with Gasteiger partial charge < -0.3 is 15.6 Å². The molecule has 0 aliphatic rings. The number of ether oxygens (including phenoxy) is 1. The van der Waals surface area contributed by atoms with Crippen molar-refractivity contribution >= 4 is 5.97 Å². The number of carbonyl (C=O) groups excluding carboxylic acids is 1. The largest absolute Gasteiger partial charge is 0.464 e. The fourth-order valence-electron chi connectivity index (χ4n) is 1.17. The summed E-state index contributed by atoms with van der Waals surface area (Å²) in [5.74, 6) is -0.607. The highest BCUT2D eigenvalue weighted by Crippen LogP contribution is 2.02. The molecule has 8 nitrogen and oxygen atoms in total. The second-order valence-electron chi connectivity index (χ2n) is 3.93. The van der Waals surface area contributed by atoms with Gasteiger partial charge in [-0.25, -0.2) is 0 Å². The van der Waals surface area contributed by atoms with Crippen LogP contribution in [0.4, 0.5) is 0 Å². The summed E-state index contributed by atoms with van der Waals surface area (Å²) in [7, 11) is 0. The molecule has 0 radical (unpaired) electrons. The Hall–Kier alpha value is -0.770. The van der Waals surface area contributed by atoms with Crippen LogP contribution in [0.1, 0.15) is 32.6 Å². The van der Waals surface area contributed by atoms with Crippen LogP contribution in [0.15, 0.2) is 0 Å². The van der Waals surface area contributed by atoms with E-state index in [1.54, 1.807) is 0 Å². The van der Waals surface area contributed by atoms with Gasteiger partial charge in [0.2, 0.25) is 0 Å². The fraction of sp³-hybridized carbons (Fsp3) is 0.900. The van der Waals surface area contributed by atoms with Gasteiger partial charge >= 0.3 is 5.97 Å². The molecular formula is C10H22N2O6. The first-order valence-electron chi connectivity index (χ1n) is 5.86. The number of hydrogen-bond donors (Lipinski definition) is 4. The van der Waals surface area contributed by atoms with Crippen LogP contribution in [0.3, 0.4) is 0 Å². The Morgan fingerprint density at radius 2 is 1.78 bits per heavy atom. The third-order valence-electron chi connectivity index (χ3n) is 2.28. The number of carbonyl (C=O) groups is 1. The normalized spacial score (nSPS) is 14.6. The molecule has 0 saturated heterocycles. The molecule has 0 aromatic rings. The van der Waals surface area contributed by atoms with E-state index in [1.807, 2.05) is 0 Å².